The Morgan fingerprint density at radius 1 is 1.53 bits per heavy atom. The summed E-state index contributed by atoms with van der Waals surface area (Å²) in [4.78, 5) is 11.0. The Balaban J connectivity index is 2.46. The quantitative estimate of drug-likeness (QED) is 0.714. The number of anilines is 1. The fourth-order valence-electron chi connectivity index (χ4n) is 1.17. The molecule has 0 atom stereocenters. The lowest BCUT2D eigenvalue weighted by Gasteiger charge is -2.06. The van der Waals surface area contributed by atoms with Gasteiger partial charge in [0.1, 0.15) is 6.54 Å². The largest absolute Gasteiger partial charge is 0.465 e. The van der Waals surface area contributed by atoms with Gasteiger partial charge in [0, 0.05) is 5.69 Å². The number of benzene rings is 1. The van der Waals surface area contributed by atoms with Gasteiger partial charge in [-0.3, -0.25) is 4.79 Å². The number of rotatable bonds is 5. The first-order chi connectivity index (χ1) is 7.26. The summed E-state index contributed by atoms with van der Waals surface area (Å²) in [5.41, 5.74) is 1.61. The molecule has 4 heteroatoms. The van der Waals surface area contributed by atoms with Crippen LogP contribution in [0.1, 0.15) is 12.5 Å². The molecule has 82 valence electrons. The van der Waals surface area contributed by atoms with E-state index in [-0.39, 0.29) is 19.1 Å². The molecule has 1 aromatic carbocycles. The van der Waals surface area contributed by atoms with Crippen molar-refractivity contribution in [3.8, 4) is 0 Å². The predicted octanol–water partition coefficient (Wildman–Crippen LogP) is 1.15. The topological polar surface area (TPSA) is 58.6 Å². The summed E-state index contributed by atoms with van der Waals surface area (Å²) >= 11 is 0. The Morgan fingerprint density at radius 3 is 3.00 bits per heavy atom. The van der Waals surface area contributed by atoms with Crippen LogP contribution in [0.15, 0.2) is 24.3 Å². The predicted molar refractivity (Wildman–Crippen MR) is 57.5 cm³/mol. The average Bonchev–Trinajstić information content (AvgIpc) is 2.27. The minimum Gasteiger partial charge on any atom is -0.465 e. The molecule has 0 aromatic heterocycles. The van der Waals surface area contributed by atoms with Crippen molar-refractivity contribution in [2.75, 3.05) is 18.5 Å². The van der Waals surface area contributed by atoms with E-state index in [0.717, 1.165) is 11.3 Å². The standard InChI is InChI=1S/C11H15NO3/c1-2-15-11(14)7-12-10-5-3-4-9(6-10)8-13/h3-6,12-13H,2,7-8H2,1H3. The van der Waals surface area contributed by atoms with Crippen molar-refractivity contribution in [3.05, 3.63) is 29.8 Å². The van der Waals surface area contributed by atoms with Crippen LogP contribution >= 0.6 is 0 Å². The minimum atomic E-state index is -0.285. The second-order valence-corrected chi connectivity index (χ2v) is 3.02. The summed E-state index contributed by atoms with van der Waals surface area (Å²) in [7, 11) is 0. The lowest BCUT2D eigenvalue weighted by molar-refractivity contribution is -0.140. The third-order valence-electron chi connectivity index (χ3n) is 1.85. The molecule has 0 fully saturated rings. The number of aliphatic hydroxyl groups excluding tert-OH is 1. The second-order valence-electron chi connectivity index (χ2n) is 3.02. The van der Waals surface area contributed by atoms with Crippen molar-refractivity contribution in [1.29, 1.82) is 0 Å². The summed E-state index contributed by atoms with van der Waals surface area (Å²) in [6.45, 7) is 2.29. The number of carbonyl (C=O) groups is 1. The fourth-order valence-corrected chi connectivity index (χ4v) is 1.17. The van der Waals surface area contributed by atoms with Crippen LogP contribution in [0.3, 0.4) is 0 Å². The van der Waals surface area contributed by atoms with Crippen molar-refractivity contribution < 1.29 is 14.6 Å². The van der Waals surface area contributed by atoms with Gasteiger partial charge in [-0.1, -0.05) is 12.1 Å². The molecular formula is C11H15NO3. The highest BCUT2D eigenvalue weighted by Gasteiger charge is 2.01. The first kappa shape index (κ1) is 11.5. The molecule has 1 rings (SSSR count). The number of nitrogens with one attached hydrogen (secondary N) is 1. The van der Waals surface area contributed by atoms with Gasteiger partial charge in [0.15, 0.2) is 0 Å². The molecule has 0 heterocycles. The maximum absolute atomic E-state index is 11.0. The zero-order chi connectivity index (χ0) is 11.1. The first-order valence-corrected chi connectivity index (χ1v) is 4.85. The molecule has 4 nitrogen and oxygen atoms in total. The molecule has 0 amide bonds. The maximum Gasteiger partial charge on any atom is 0.325 e. The average molecular weight is 209 g/mol. The summed E-state index contributed by atoms with van der Waals surface area (Å²) in [5.74, 6) is -0.285. The van der Waals surface area contributed by atoms with Crippen LogP contribution < -0.4 is 5.32 Å². The van der Waals surface area contributed by atoms with Crippen molar-refractivity contribution in [2.24, 2.45) is 0 Å². The molecule has 0 unspecified atom stereocenters. The van der Waals surface area contributed by atoms with E-state index in [9.17, 15) is 4.79 Å². The van der Waals surface area contributed by atoms with Crippen LogP contribution in [0.5, 0.6) is 0 Å². The van der Waals surface area contributed by atoms with Crippen molar-refractivity contribution >= 4 is 11.7 Å². The molecule has 15 heavy (non-hydrogen) atoms. The number of ether oxygens (including phenoxy) is 1. The van der Waals surface area contributed by atoms with E-state index in [0.29, 0.717) is 6.61 Å². The zero-order valence-corrected chi connectivity index (χ0v) is 8.69. The molecule has 0 aliphatic rings. The molecule has 0 saturated heterocycles. The normalized spacial score (nSPS) is 9.73. The van der Waals surface area contributed by atoms with E-state index in [2.05, 4.69) is 5.32 Å². The molecule has 2 N–H and O–H groups in total. The minimum absolute atomic E-state index is 0.00503. The van der Waals surface area contributed by atoms with Gasteiger partial charge in [0.25, 0.3) is 0 Å². The SMILES string of the molecule is CCOC(=O)CNc1cccc(CO)c1. The Hall–Kier alpha value is -1.55. The highest BCUT2D eigenvalue weighted by Crippen LogP contribution is 2.09. The summed E-state index contributed by atoms with van der Waals surface area (Å²) in [6, 6.07) is 7.26. The Labute approximate surface area is 88.9 Å². The molecule has 0 saturated carbocycles. The molecule has 1 aromatic rings. The lowest BCUT2D eigenvalue weighted by atomic mass is 10.2. The van der Waals surface area contributed by atoms with Gasteiger partial charge in [-0.05, 0) is 24.6 Å². The Morgan fingerprint density at radius 2 is 2.33 bits per heavy atom. The molecule has 0 radical (unpaired) electrons. The number of aliphatic hydroxyl groups is 1. The summed E-state index contributed by atoms with van der Waals surface area (Å²) in [5, 5.41) is 11.8. The number of carbonyl (C=O) groups excluding carboxylic acids is 1. The van der Waals surface area contributed by atoms with E-state index in [1.165, 1.54) is 0 Å². The Bertz CT molecular complexity index is 325. The number of esters is 1. The van der Waals surface area contributed by atoms with Gasteiger partial charge < -0.3 is 15.2 Å². The third-order valence-corrected chi connectivity index (χ3v) is 1.85. The van der Waals surface area contributed by atoms with Gasteiger partial charge >= 0.3 is 5.97 Å². The lowest BCUT2D eigenvalue weighted by Crippen LogP contribution is -2.16. The monoisotopic (exact) mass is 209 g/mol. The van der Waals surface area contributed by atoms with Gasteiger partial charge in [0.05, 0.1) is 13.2 Å². The Kier molecular flexibility index (Phi) is 4.63. The smallest absolute Gasteiger partial charge is 0.325 e. The van der Waals surface area contributed by atoms with Crippen molar-refractivity contribution in [3.63, 3.8) is 0 Å². The van der Waals surface area contributed by atoms with Gasteiger partial charge in [0.2, 0.25) is 0 Å². The highest BCUT2D eigenvalue weighted by molar-refractivity contribution is 5.74. The fraction of sp³-hybridized carbons (Fsp3) is 0.364. The van der Waals surface area contributed by atoms with E-state index in [1.807, 2.05) is 18.2 Å². The second kappa shape index (κ2) is 6.03. The molecule has 0 aliphatic heterocycles. The summed E-state index contributed by atoms with van der Waals surface area (Å²) < 4.78 is 4.77. The van der Waals surface area contributed by atoms with E-state index in [4.69, 9.17) is 9.84 Å². The van der Waals surface area contributed by atoms with E-state index < -0.39 is 0 Å². The van der Waals surface area contributed by atoms with Gasteiger partial charge in [-0.15, -0.1) is 0 Å². The summed E-state index contributed by atoms with van der Waals surface area (Å²) in [6.07, 6.45) is 0. The highest BCUT2D eigenvalue weighted by atomic mass is 16.5. The molecule has 0 bridgehead atoms. The van der Waals surface area contributed by atoms with Crippen molar-refractivity contribution in [2.45, 2.75) is 13.5 Å². The van der Waals surface area contributed by atoms with Crippen LogP contribution in [0.25, 0.3) is 0 Å². The molecule has 0 aliphatic carbocycles. The van der Waals surface area contributed by atoms with Crippen LogP contribution in [-0.2, 0) is 16.1 Å². The molecular weight excluding hydrogens is 194 g/mol. The molecule has 0 spiro atoms. The van der Waals surface area contributed by atoms with Crippen molar-refractivity contribution in [1.82, 2.24) is 0 Å². The van der Waals surface area contributed by atoms with Crippen LogP contribution in [0, 0.1) is 0 Å². The van der Waals surface area contributed by atoms with E-state index >= 15 is 0 Å². The van der Waals surface area contributed by atoms with Crippen LogP contribution in [-0.4, -0.2) is 24.2 Å². The van der Waals surface area contributed by atoms with Crippen LogP contribution in [0.2, 0.25) is 0 Å². The van der Waals surface area contributed by atoms with Gasteiger partial charge in [-0.2, -0.15) is 0 Å². The zero-order valence-electron chi connectivity index (χ0n) is 8.69. The number of hydrogen-bond acceptors (Lipinski definition) is 4. The first-order valence-electron chi connectivity index (χ1n) is 4.85. The van der Waals surface area contributed by atoms with Gasteiger partial charge in [-0.25, -0.2) is 0 Å². The number of hydrogen-bond donors (Lipinski definition) is 2. The third kappa shape index (κ3) is 3.99. The maximum atomic E-state index is 11.0. The van der Waals surface area contributed by atoms with Crippen LogP contribution in [0.4, 0.5) is 5.69 Å². The van der Waals surface area contributed by atoms with E-state index in [1.54, 1.807) is 13.0 Å².